The molecule has 3 saturated heterocycles. The molecule has 19 heavy (non-hydrogen) atoms. The van der Waals surface area contributed by atoms with E-state index in [0.29, 0.717) is 12.0 Å². The summed E-state index contributed by atoms with van der Waals surface area (Å²) in [5.74, 6) is 2.08. The zero-order valence-corrected chi connectivity index (χ0v) is 12.2. The highest BCUT2D eigenvalue weighted by atomic mass is 15.2. The largest absolute Gasteiger partial charge is 0.350 e. The van der Waals surface area contributed by atoms with E-state index >= 15 is 0 Å². The van der Waals surface area contributed by atoms with Crippen LogP contribution in [0.2, 0.25) is 0 Å². The van der Waals surface area contributed by atoms with E-state index < -0.39 is 0 Å². The van der Waals surface area contributed by atoms with E-state index in [4.69, 9.17) is 0 Å². The van der Waals surface area contributed by atoms with E-state index in [1.54, 1.807) is 0 Å². The molecule has 1 unspecified atom stereocenters. The van der Waals surface area contributed by atoms with Gasteiger partial charge in [0.05, 0.1) is 0 Å². The van der Waals surface area contributed by atoms with Crippen molar-refractivity contribution in [2.24, 2.45) is 5.92 Å². The molecular weight excluding hydrogens is 236 g/mol. The van der Waals surface area contributed by atoms with Crippen LogP contribution in [0.4, 0.5) is 5.95 Å². The summed E-state index contributed by atoms with van der Waals surface area (Å²) in [6.07, 6.45) is 2.64. The third-order valence-electron chi connectivity index (χ3n) is 4.44. The van der Waals surface area contributed by atoms with Crippen LogP contribution < -0.4 is 5.32 Å². The number of aromatic nitrogens is 2. The first-order valence-corrected chi connectivity index (χ1v) is 7.46. The molecule has 0 aromatic carbocycles. The summed E-state index contributed by atoms with van der Waals surface area (Å²) in [5, 5.41) is 3.58. The van der Waals surface area contributed by atoms with Crippen molar-refractivity contribution >= 4 is 5.95 Å². The predicted molar refractivity (Wildman–Crippen MR) is 77.4 cm³/mol. The Bertz CT molecular complexity index is 449. The van der Waals surface area contributed by atoms with E-state index in [2.05, 4.69) is 47.0 Å². The molecule has 3 aliphatic rings. The van der Waals surface area contributed by atoms with Crippen molar-refractivity contribution in [2.45, 2.75) is 45.6 Å². The molecule has 3 aliphatic heterocycles. The van der Waals surface area contributed by atoms with Crippen molar-refractivity contribution in [1.82, 2.24) is 14.9 Å². The lowest BCUT2D eigenvalue weighted by molar-refractivity contribution is 0.0972. The van der Waals surface area contributed by atoms with Crippen LogP contribution in [0, 0.1) is 12.8 Å². The first-order chi connectivity index (χ1) is 9.11. The normalized spacial score (nSPS) is 29.8. The number of rotatable bonds is 3. The number of anilines is 1. The number of aryl methyl sites for hydroxylation is 1. The Morgan fingerprint density at radius 3 is 2.58 bits per heavy atom. The Hall–Kier alpha value is -1.16. The van der Waals surface area contributed by atoms with Gasteiger partial charge in [0.25, 0.3) is 0 Å². The molecule has 1 aromatic heterocycles. The number of piperidine rings is 3. The Balaban J connectivity index is 1.76. The third-order valence-corrected chi connectivity index (χ3v) is 4.44. The number of hydrogen-bond donors (Lipinski definition) is 1. The highest BCUT2D eigenvalue weighted by molar-refractivity contribution is 5.31. The van der Waals surface area contributed by atoms with Crippen LogP contribution in [-0.2, 0) is 0 Å². The van der Waals surface area contributed by atoms with E-state index in [1.807, 2.05) is 0 Å². The van der Waals surface area contributed by atoms with Gasteiger partial charge in [0, 0.05) is 24.0 Å². The van der Waals surface area contributed by atoms with Crippen LogP contribution in [-0.4, -0.2) is 40.5 Å². The lowest BCUT2D eigenvalue weighted by Crippen LogP contribution is -2.53. The second-order valence-corrected chi connectivity index (χ2v) is 6.30. The van der Waals surface area contributed by atoms with Gasteiger partial charge in [-0.2, -0.15) is 0 Å². The highest BCUT2D eigenvalue weighted by Crippen LogP contribution is 2.29. The zero-order chi connectivity index (χ0) is 13.4. The minimum Gasteiger partial charge on any atom is -0.350 e. The molecule has 1 N–H and O–H groups in total. The van der Waals surface area contributed by atoms with E-state index in [0.717, 1.165) is 29.8 Å². The maximum Gasteiger partial charge on any atom is 0.223 e. The Kier molecular flexibility index (Phi) is 3.44. The smallest absolute Gasteiger partial charge is 0.223 e. The van der Waals surface area contributed by atoms with Crippen LogP contribution in [0.5, 0.6) is 0 Å². The van der Waals surface area contributed by atoms with Crippen molar-refractivity contribution in [3.05, 3.63) is 17.5 Å². The highest BCUT2D eigenvalue weighted by Gasteiger charge is 2.34. The molecule has 4 heteroatoms. The summed E-state index contributed by atoms with van der Waals surface area (Å²) in [6, 6.07) is 2.62. The second-order valence-electron chi connectivity index (χ2n) is 6.30. The predicted octanol–water partition coefficient (Wildman–Crippen LogP) is 2.41. The van der Waals surface area contributed by atoms with Gasteiger partial charge in [0.2, 0.25) is 5.95 Å². The second kappa shape index (κ2) is 5.08. The summed E-state index contributed by atoms with van der Waals surface area (Å²) in [6.45, 7) is 10.1. The number of nitrogens with one attached hydrogen (secondary N) is 1. The van der Waals surface area contributed by atoms with Gasteiger partial charge in [-0.25, -0.2) is 9.97 Å². The summed E-state index contributed by atoms with van der Waals surface area (Å²) in [7, 11) is 0. The Morgan fingerprint density at radius 2 is 2.00 bits per heavy atom. The van der Waals surface area contributed by atoms with E-state index in [1.165, 1.54) is 25.9 Å². The molecule has 0 saturated carbocycles. The van der Waals surface area contributed by atoms with E-state index in [9.17, 15) is 0 Å². The third kappa shape index (κ3) is 2.73. The van der Waals surface area contributed by atoms with Crippen molar-refractivity contribution < 1.29 is 0 Å². The van der Waals surface area contributed by atoms with Gasteiger partial charge in [0.15, 0.2) is 0 Å². The summed E-state index contributed by atoms with van der Waals surface area (Å²) in [4.78, 5) is 11.8. The first-order valence-electron chi connectivity index (χ1n) is 7.46. The van der Waals surface area contributed by atoms with Gasteiger partial charge in [-0.1, -0.05) is 13.8 Å². The lowest BCUT2D eigenvalue weighted by Gasteiger charge is -2.44. The Morgan fingerprint density at radius 1 is 1.26 bits per heavy atom. The average molecular weight is 260 g/mol. The maximum absolute atomic E-state index is 4.67. The molecule has 4 rings (SSSR count). The molecule has 4 heterocycles. The summed E-state index contributed by atoms with van der Waals surface area (Å²) < 4.78 is 0. The van der Waals surface area contributed by atoms with Gasteiger partial charge in [-0.05, 0) is 50.8 Å². The number of nitrogens with zero attached hydrogens (tertiary/aromatic N) is 3. The van der Waals surface area contributed by atoms with Gasteiger partial charge in [0.1, 0.15) is 0 Å². The van der Waals surface area contributed by atoms with Crippen molar-refractivity contribution in [2.75, 3.05) is 25.0 Å². The van der Waals surface area contributed by atoms with Crippen LogP contribution in [0.1, 0.15) is 44.0 Å². The number of hydrogen-bond acceptors (Lipinski definition) is 4. The quantitative estimate of drug-likeness (QED) is 0.906. The van der Waals surface area contributed by atoms with Crippen molar-refractivity contribution in [1.29, 1.82) is 0 Å². The molecule has 0 radical (unpaired) electrons. The SMILES string of the molecule is Cc1cc(C(C)C)nc(NC2CN3CCC2CC3)n1. The molecule has 0 aliphatic carbocycles. The minimum absolute atomic E-state index is 0.453. The van der Waals surface area contributed by atoms with Crippen LogP contribution in [0.25, 0.3) is 0 Å². The molecule has 0 spiro atoms. The van der Waals surface area contributed by atoms with Crippen LogP contribution in [0.3, 0.4) is 0 Å². The fraction of sp³-hybridized carbons (Fsp3) is 0.733. The molecule has 3 fully saturated rings. The van der Waals surface area contributed by atoms with Gasteiger partial charge in [-0.3, -0.25) is 0 Å². The summed E-state index contributed by atoms with van der Waals surface area (Å²) >= 11 is 0. The van der Waals surface area contributed by atoms with Crippen molar-refractivity contribution in [3.8, 4) is 0 Å². The summed E-state index contributed by atoms with van der Waals surface area (Å²) in [5.41, 5.74) is 2.19. The van der Waals surface area contributed by atoms with Gasteiger partial charge < -0.3 is 10.2 Å². The molecule has 0 amide bonds. The molecule has 2 bridgehead atoms. The Labute approximate surface area is 115 Å². The minimum atomic E-state index is 0.453. The van der Waals surface area contributed by atoms with Gasteiger partial charge >= 0.3 is 0 Å². The van der Waals surface area contributed by atoms with Crippen LogP contribution >= 0.6 is 0 Å². The maximum atomic E-state index is 4.67. The molecule has 104 valence electrons. The fourth-order valence-electron chi connectivity index (χ4n) is 3.25. The number of fused-ring (bicyclic) bond motifs is 3. The van der Waals surface area contributed by atoms with Crippen LogP contribution in [0.15, 0.2) is 6.07 Å². The zero-order valence-electron chi connectivity index (χ0n) is 12.2. The topological polar surface area (TPSA) is 41.1 Å². The first kappa shape index (κ1) is 12.9. The standard InChI is InChI=1S/C15H24N4/c1-10(2)13-8-11(3)16-15(17-13)18-14-9-19-6-4-12(14)5-7-19/h8,10,12,14H,4-7,9H2,1-3H3,(H,16,17,18). The molecule has 1 aromatic rings. The van der Waals surface area contributed by atoms with E-state index in [-0.39, 0.29) is 0 Å². The van der Waals surface area contributed by atoms with Crippen molar-refractivity contribution in [3.63, 3.8) is 0 Å². The fourth-order valence-corrected chi connectivity index (χ4v) is 3.25. The lowest BCUT2D eigenvalue weighted by atomic mass is 9.84. The molecular formula is C15H24N4. The molecule has 4 nitrogen and oxygen atoms in total. The van der Waals surface area contributed by atoms with Gasteiger partial charge in [-0.15, -0.1) is 0 Å². The monoisotopic (exact) mass is 260 g/mol. The average Bonchev–Trinajstić information content (AvgIpc) is 2.39. The molecule has 1 atom stereocenters.